The Bertz CT molecular complexity index is 1170. The van der Waals surface area contributed by atoms with Crippen molar-refractivity contribution in [1.82, 2.24) is 21.3 Å². The van der Waals surface area contributed by atoms with Gasteiger partial charge in [0.1, 0.15) is 23.4 Å². The van der Waals surface area contributed by atoms with E-state index in [1.54, 1.807) is 0 Å². The number of carbonyl (C=O) groups excluding carboxylic acids is 4. The highest BCUT2D eigenvalue weighted by Crippen LogP contribution is 2.31. The number of hydrogen-bond donors (Lipinski definition) is 6. The van der Waals surface area contributed by atoms with E-state index in [1.165, 1.54) is 25.0 Å². The lowest BCUT2D eigenvalue weighted by atomic mass is 9.82. The fourth-order valence-corrected chi connectivity index (χ4v) is 5.49. The Morgan fingerprint density at radius 2 is 0.935 bits per heavy atom. The summed E-state index contributed by atoms with van der Waals surface area (Å²) in [5.74, 6) is -3.04. The Balaban J connectivity index is 0.000000243. The van der Waals surface area contributed by atoms with Gasteiger partial charge in [-0.3, -0.25) is 19.2 Å². The summed E-state index contributed by atoms with van der Waals surface area (Å²) in [5, 5.41) is 31.8. The molecule has 0 aromatic heterocycles. The minimum Gasteiger partial charge on any atom is -0.390 e. The Hall–Kier alpha value is -3.44. The molecule has 6 N–H and O–H groups in total. The van der Waals surface area contributed by atoms with E-state index >= 15 is 0 Å². The molecule has 2 fully saturated rings. The number of Topliss-reactive ketones (excluding diaryl/α,β-unsaturated/α-hetero) is 2. The van der Waals surface area contributed by atoms with Crippen LogP contribution in [0.1, 0.15) is 66.5 Å². The van der Waals surface area contributed by atoms with Gasteiger partial charge in [0, 0.05) is 26.2 Å². The van der Waals surface area contributed by atoms with E-state index in [-0.39, 0.29) is 46.3 Å². The van der Waals surface area contributed by atoms with Crippen LogP contribution in [-0.4, -0.2) is 71.0 Å². The summed E-state index contributed by atoms with van der Waals surface area (Å²) in [4.78, 5) is 45.0. The smallest absolute Gasteiger partial charge is 0.233 e. The van der Waals surface area contributed by atoms with Gasteiger partial charge in [-0.1, -0.05) is 102 Å². The van der Waals surface area contributed by atoms with Crippen LogP contribution in [0.4, 0.5) is 0 Å². The van der Waals surface area contributed by atoms with E-state index in [9.17, 15) is 29.4 Å². The van der Waals surface area contributed by atoms with Crippen LogP contribution in [0.25, 0.3) is 0 Å². The zero-order valence-electron chi connectivity index (χ0n) is 28.6. The molecule has 6 atom stereocenters. The van der Waals surface area contributed by atoms with Crippen LogP contribution in [0.3, 0.4) is 0 Å². The third-order valence-corrected chi connectivity index (χ3v) is 8.09. The van der Waals surface area contributed by atoms with Gasteiger partial charge in [0.05, 0.1) is 24.3 Å². The third kappa shape index (κ3) is 11.7. The number of aliphatic hydroxyl groups is 2. The lowest BCUT2D eigenvalue weighted by Crippen LogP contribution is -2.43. The van der Waals surface area contributed by atoms with Gasteiger partial charge < -0.3 is 31.5 Å². The van der Waals surface area contributed by atoms with Crippen molar-refractivity contribution in [3.05, 3.63) is 71.8 Å². The lowest BCUT2D eigenvalue weighted by Gasteiger charge is -2.29. The van der Waals surface area contributed by atoms with Gasteiger partial charge in [-0.25, -0.2) is 0 Å². The van der Waals surface area contributed by atoms with Crippen molar-refractivity contribution in [3.8, 4) is 0 Å². The molecule has 4 rings (SSSR count). The van der Waals surface area contributed by atoms with E-state index in [1.807, 2.05) is 53.7 Å². The van der Waals surface area contributed by atoms with Gasteiger partial charge in [0.2, 0.25) is 11.8 Å². The molecule has 10 nitrogen and oxygen atoms in total. The Labute approximate surface area is 274 Å². The molecule has 0 saturated carbocycles. The van der Waals surface area contributed by atoms with Crippen molar-refractivity contribution in [3.63, 3.8) is 0 Å². The Morgan fingerprint density at radius 1 is 0.630 bits per heavy atom. The lowest BCUT2D eigenvalue weighted by molar-refractivity contribution is -0.134. The predicted octanol–water partition coefficient (Wildman–Crippen LogP) is 2.76. The number of ketones is 2. The van der Waals surface area contributed by atoms with E-state index < -0.39 is 24.0 Å². The zero-order chi connectivity index (χ0) is 34.7. The van der Waals surface area contributed by atoms with Crippen molar-refractivity contribution in [2.45, 2.75) is 92.8 Å². The highest BCUT2D eigenvalue weighted by molar-refractivity contribution is 6.03. The number of carbonyl (C=O) groups is 4. The van der Waals surface area contributed by atoms with Crippen molar-refractivity contribution < 1.29 is 29.4 Å². The molecule has 2 saturated heterocycles. The number of benzene rings is 2. The number of aliphatic hydroxyl groups excluding tert-OH is 2. The van der Waals surface area contributed by atoms with Crippen molar-refractivity contribution >= 4 is 23.4 Å². The first-order valence-electron chi connectivity index (χ1n) is 15.9. The molecule has 254 valence electrons. The molecular formula is C36H54N4O6. The molecule has 0 bridgehead atoms. The molecule has 2 heterocycles. The van der Waals surface area contributed by atoms with Crippen LogP contribution < -0.4 is 21.3 Å². The molecule has 0 spiro atoms. The Kier molecular flexibility index (Phi) is 14.7. The van der Waals surface area contributed by atoms with Gasteiger partial charge >= 0.3 is 0 Å². The van der Waals surface area contributed by atoms with Crippen LogP contribution >= 0.6 is 0 Å². The molecule has 46 heavy (non-hydrogen) atoms. The fraction of sp³-hybridized carbons (Fsp3) is 0.556. The minimum absolute atomic E-state index is 0.237. The Morgan fingerprint density at radius 3 is 1.15 bits per heavy atom. The second-order valence-electron chi connectivity index (χ2n) is 14.2. The SMILES string of the molecule is CC(=O)C1C(=O)NC(C(C)(C)C)C1O.CC(=O)C1C(=O)NC(C(C)(C)C)C1O.c1ccc(CNCCNCc2ccccc2)cc1. The first kappa shape index (κ1) is 38.7. The normalized spacial score (nSPS) is 24.1. The number of amides is 2. The van der Waals surface area contributed by atoms with Crippen LogP contribution in [0.5, 0.6) is 0 Å². The summed E-state index contributed by atoms with van der Waals surface area (Å²) >= 11 is 0. The number of rotatable bonds is 9. The predicted molar refractivity (Wildman–Crippen MR) is 179 cm³/mol. The second-order valence-corrected chi connectivity index (χ2v) is 14.2. The van der Waals surface area contributed by atoms with Crippen LogP contribution in [0.2, 0.25) is 0 Å². The maximum atomic E-state index is 11.4. The molecular weight excluding hydrogens is 584 g/mol. The van der Waals surface area contributed by atoms with Gasteiger partial charge in [-0.05, 0) is 35.8 Å². The van der Waals surface area contributed by atoms with Crippen molar-refractivity contribution in [2.75, 3.05) is 13.1 Å². The van der Waals surface area contributed by atoms with E-state index in [2.05, 4.69) is 69.8 Å². The molecule has 0 aliphatic carbocycles. The summed E-state index contributed by atoms with van der Waals surface area (Å²) < 4.78 is 0. The highest BCUT2D eigenvalue weighted by atomic mass is 16.3. The number of hydrogen-bond acceptors (Lipinski definition) is 8. The molecule has 2 aliphatic heterocycles. The third-order valence-electron chi connectivity index (χ3n) is 8.09. The molecule has 10 heteroatoms. The molecule has 2 amide bonds. The highest BCUT2D eigenvalue weighted by Gasteiger charge is 2.49. The van der Waals surface area contributed by atoms with Gasteiger partial charge in [-0.15, -0.1) is 0 Å². The monoisotopic (exact) mass is 638 g/mol. The molecule has 6 unspecified atom stereocenters. The second kappa shape index (κ2) is 17.5. The van der Waals surface area contributed by atoms with Crippen LogP contribution in [-0.2, 0) is 32.3 Å². The quantitative estimate of drug-likeness (QED) is 0.181. The summed E-state index contributed by atoms with van der Waals surface area (Å²) in [5.41, 5.74) is 2.19. The topological polar surface area (TPSA) is 157 Å². The van der Waals surface area contributed by atoms with E-state index in [4.69, 9.17) is 0 Å². The van der Waals surface area contributed by atoms with E-state index in [0.717, 1.165) is 26.2 Å². The summed E-state index contributed by atoms with van der Waals surface area (Å²) in [7, 11) is 0. The van der Waals surface area contributed by atoms with Gasteiger partial charge in [-0.2, -0.15) is 0 Å². The molecule has 2 aromatic carbocycles. The number of nitrogens with one attached hydrogen (secondary N) is 4. The molecule has 2 aliphatic rings. The standard InChI is InChI=1S/C16H20N2.2C10H17NO3/c1-3-7-15(8-4-1)13-17-11-12-18-14-16-9-5-2-6-10-16;2*1-5(12)6-7(13)8(10(2,3)4)11-9(6)14/h1-10,17-18H,11-14H2;2*6-8,13H,1-4H3,(H,11,14). The van der Waals surface area contributed by atoms with E-state index in [0.29, 0.717) is 0 Å². The average Bonchev–Trinajstić information content (AvgIpc) is 3.46. The summed E-state index contributed by atoms with van der Waals surface area (Å²) in [6.07, 6.45) is -1.81. The van der Waals surface area contributed by atoms with Crippen LogP contribution in [0, 0.1) is 22.7 Å². The first-order valence-corrected chi connectivity index (χ1v) is 15.9. The maximum Gasteiger partial charge on any atom is 0.233 e. The largest absolute Gasteiger partial charge is 0.390 e. The van der Waals surface area contributed by atoms with Crippen molar-refractivity contribution in [2.24, 2.45) is 22.7 Å². The van der Waals surface area contributed by atoms with Crippen molar-refractivity contribution in [1.29, 1.82) is 0 Å². The molecule has 0 radical (unpaired) electrons. The van der Waals surface area contributed by atoms with Gasteiger partial charge in [0.25, 0.3) is 0 Å². The first-order chi connectivity index (χ1) is 21.4. The summed E-state index contributed by atoms with van der Waals surface area (Å²) in [6, 6.07) is 20.3. The minimum atomic E-state index is -0.903. The molecule has 2 aromatic rings. The zero-order valence-corrected chi connectivity index (χ0v) is 28.6. The fourth-order valence-electron chi connectivity index (χ4n) is 5.49. The summed E-state index contributed by atoms with van der Waals surface area (Å²) in [6.45, 7) is 18.0. The average molecular weight is 639 g/mol. The maximum absolute atomic E-state index is 11.4. The van der Waals surface area contributed by atoms with Crippen LogP contribution in [0.15, 0.2) is 60.7 Å². The van der Waals surface area contributed by atoms with Gasteiger partial charge in [0.15, 0.2) is 0 Å².